The number of nitrogens with zero attached hydrogens (tertiary/aromatic N) is 2. The number of rotatable bonds is 3. The fourth-order valence-electron chi connectivity index (χ4n) is 1.41. The van der Waals surface area contributed by atoms with Gasteiger partial charge in [0, 0.05) is 30.2 Å². The minimum atomic E-state index is 0.827. The quantitative estimate of drug-likeness (QED) is 0.789. The lowest BCUT2D eigenvalue weighted by Crippen LogP contribution is -2.36. The van der Waals surface area contributed by atoms with Gasteiger partial charge in [0.2, 0.25) is 0 Å². The molecule has 0 saturated carbocycles. The van der Waals surface area contributed by atoms with Crippen LogP contribution in [-0.2, 0) is 11.2 Å². The Kier molecular flexibility index (Phi) is 3.78. The smallest absolute Gasteiger partial charge is 0.185 e. The first-order valence-corrected chi connectivity index (χ1v) is 6.73. The van der Waals surface area contributed by atoms with Crippen LogP contribution in [0, 0.1) is 0 Å². The first-order valence-electron chi connectivity index (χ1n) is 4.73. The maximum Gasteiger partial charge on any atom is 0.185 e. The molecule has 5 heteroatoms. The van der Waals surface area contributed by atoms with Gasteiger partial charge in [-0.3, -0.25) is 0 Å². The minimum Gasteiger partial charge on any atom is -0.378 e. The molecular weight excluding hydrogens is 264 g/mol. The Morgan fingerprint density at radius 2 is 2.29 bits per heavy atom. The van der Waals surface area contributed by atoms with Gasteiger partial charge in [-0.1, -0.05) is 15.9 Å². The van der Waals surface area contributed by atoms with Crippen molar-refractivity contribution in [1.29, 1.82) is 0 Å². The van der Waals surface area contributed by atoms with Crippen LogP contribution in [0.1, 0.15) is 5.69 Å². The SMILES string of the molecule is BrCCc1csc(N2CCOCC2)n1. The lowest BCUT2D eigenvalue weighted by molar-refractivity contribution is 0.122. The van der Waals surface area contributed by atoms with Gasteiger partial charge in [-0.15, -0.1) is 11.3 Å². The van der Waals surface area contributed by atoms with Crippen LogP contribution < -0.4 is 4.90 Å². The van der Waals surface area contributed by atoms with Crippen LogP contribution in [0.15, 0.2) is 5.38 Å². The van der Waals surface area contributed by atoms with Crippen molar-refractivity contribution in [2.45, 2.75) is 6.42 Å². The van der Waals surface area contributed by atoms with Crippen molar-refractivity contribution in [2.75, 3.05) is 36.5 Å². The highest BCUT2D eigenvalue weighted by atomic mass is 79.9. The van der Waals surface area contributed by atoms with Crippen molar-refractivity contribution in [3.05, 3.63) is 11.1 Å². The molecule has 0 amide bonds. The van der Waals surface area contributed by atoms with E-state index in [1.54, 1.807) is 11.3 Å². The normalized spacial score (nSPS) is 17.4. The number of hydrogen-bond acceptors (Lipinski definition) is 4. The lowest BCUT2D eigenvalue weighted by atomic mass is 10.4. The molecule has 1 fully saturated rings. The van der Waals surface area contributed by atoms with Crippen molar-refractivity contribution in [3.63, 3.8) is 0 Å². The number of hydrogen-bond donors (Lipinski definition) is 0. The van der Waals surface area contributed by atoms with Crippen molar-refractivity contribution in [1.82, 2.24) is 4.98 Å². The molecule has 2 heterocycles. The van der Waals surface area contributed by atoms with E-state index in [4.69, 9.17) is 4.74 Å². The number of aromatic nitrogens is 1. The van der Waals surface area contributed by atoms with Crippen LogP contribution in [-0.4, -0.2) is 36.6 Å². The first-order chi connectivity index (χ1) is 6.90. The van der Waals surface area contributed by atoms with Gasteiger partial charge < -0.3 is 9.64 Å². The van der Waals surface area contributed by atoms with E-state index in [1.807, 2.05) is 0 Å². The standard InChI is InChI=1S/C9H13BrN2OS/c10-2-1-8-7-14-9(11-8)12-3-5-13-6-4-12/h7H,1-6H2. The van der Waals surface area contributed by atoms with E-state index < -0.39 is 0 Å². The Bertz CT molecular complexity index is 286. The Morgan fingerprint density at radius 3 is 3.00 bits per heavy atom. The summed E-state index contributed by atoms with van der Waals surface area (Å²) in [5, 5.41) is 4.27. The molecule has 0 atom stereocenters. The Morgan fingerprint density at radius 1 is 1.50 bits per heavy atom. The molecule has 1 aromatic heterocycles. The highest BCUT2D eigenvalue weighted by Crippen LogP contribution is 2.21. The van der Waals surface area contributed by atoms with Crippen LogP contribution in [0.3, 0.4) is 0 Å². The second-order valence-electron chi connectivity index (χ2n) is 3.16. The predicted octanol–water partition coefficient (Wildman–Crippen LogP) is 1.92. The molecule has 3 nitrogen and oxygen atoms in total. The summed E-state index contributed by atoms with van der Waals surface area (Å²) in [4.78, 5) is 6.88. The second-order valence-corrected chi connectivity index (χ2v) is 4.79. The number of ether oxygens (including phenoxy) is 1. The van der Waals surface area contributed by atoms with Gasteiger partial charge in [-0.25, -0.2) is 4.98 Å². The fraction of sp³-hybridized carbons (Fsp3) is 0.667. The number of anilines is 1. The fourth-order valence-corrected chi connectivity index (χ4v) is 2.73. The van der Waals surface area contributed by atoms with E-state index in [0.717, 1.165) is 43.2 Å². The Balaban J connectivity index is 2.00. The summed E-state index contributed by atoms with van der Waals surface area (Å²) in [6.07, 6.45) is 1.01. The third-order valence-electron chi connectivity index (χ3n) is 2.17. The van der Waals surface area contributed by atoms with Gasteiger partial charge in [-0.05, 0) is 0 Å². The lowest BCUT2D eigenvalue weighted by Gasteiger charge is -2.26. The van der Waals surface area contributed by atoms with Gasteiger partial charge in [-0.2, -0.15) is 0 Å². The first kappa shape index (κ1) is 10.4. The zero-order valence-electron chi connectivity index (χ0n) is 7.91. The molecular formula is C9H13BrN2OS. The number of halogens is 1. The summed E-state index contributed by atoms with van der Waals surface area (Å²) in [6, 6.07) is 0. The van der Waals surface area contributed by atoms with E-state index in [2.05, 4.69) is 31.2 Å². The van der Waals surface area contributed by atoms with Crippen LogP contribution >= 0.6 is 27.3 Å². The van der Waals surface area contributed by atoms with Crippen molar-refractivity contribution in [2.24, 2.45) is 0 Å². The van der Waals surface area contributed by atoms with Crippen molar-refractivity contribution >= 4 is 32.4 Å². The molecule has 0 spiro atoms. The predicted molar refractivity (Wildman–Crippen MR) is 62.6 cm³/mol. The Hall–Kier alpha value is -0.130. The summed E-state index contributed by atoms with van der Waals surface area (Å²) < 4.78 is 5.30. The van der Waals surface area contributed by atoms with Gasteiger partial charge in [0.1, 0.15) is 0 Å². The molecule has 78 valence electrons. The van der Waals surface area contributed by atoms with Crippen LogP contribution in [0.4, 0.5) is 5.13 Å². The largest absolute Gasteiger partial charge is 0.378 e. The van der Waals surface area contributed by atoms with Crippen LogP contribution in [0.25, 0.3) is 0 Å². The van der Waals surface area contributed by atoms with Crippen molar-refractivity contribution in [3.8, 4) is 0 Å². The molecule has 1 saturated heterocycles. The summed E-state index contributed by atoms with van der Waals surface area (Å²) in [6.45, 7) is 3.60. The summed E-state index contributed by atoms with van der Waals surface area (Å²) in [7, 11) is 0. The zero-order valence-corrected chi connectivity index (χ0v) is 10.3. The monoisotopic (exact) mass is 276 g/mol. The highest BCUT2D eigenvalue weighted by molar-refractivity contribution is 9.09. The minimum absolute atomic E-state index is 0.827. The van der Waals surface area contributed by atoms with Crippen molar-refractivity contribution < 1.29 is 4.74 Å². The molecule has 14 heavy (non-hydrogen) atoms. The van der Waals surface area contributed by atoms with E-state index in [0.29, 0.717) is 0 Å². The van der Waals surface area contributed by atoms with Crippen LogP contribution in [0.5, 0.6) is 0 Å². The topological polar surface area (TPSA) is 25.4 Å². The molecule has 0 bridgehead atoms. The molecule has 0 N–H and O–H groups in total. The molecule has 0 radical (unpaired) electrons. The molecule has 0 aromatic carbocycles. The molecule has 2 rings (SSSR count). The number of morpholine rings is 1. The molecule has 1 aromatic rings. The average Bonchev–Trinajstić information content (AvgIpc) is 2.68. The van der Waals surface area contributed by atoms with E-state index in [9.17, 15) is 0 Å². The van der Waals surface area contributed by atoms with Gasteiger partial charge in [0.15, 0.2) is 5.13 Å². The zero-order chi connectivity index (χ0) is 9.80. The second kappa shape index (κ2) is 5.09. The van der Waals surface area contributed by atoms with Gasteiger partial charge in [0.05, 0.1) is 18.9 Å². The molecule has 0 unspecified atom stereocenters. The van der Waals surface area contributed by atoms with Crippen LogP contribution in [0.2, 0.25) is 0 Å². The number of thiazole rings is 1. The molecule has 0 aliphatic carbocycles. The summed E-state index contributed by atoms with van der Waals surface area (Å²) in [5.41, 5.74) is 1.19. The van der Waals surface area contributed by atoms with E-state index >= 15 is 0 Å². The summed E-state index contributed by atoms with van der Waals surface area (Å²) in [5.74, 6) is 0. The van der Waals surface area contributed by atoms with Gasteiger partial charge >= 0.3 is 0 Å². The van der Waals surface area contributed by atoms with E-state index in [1.165, 1.54) is 5.69 Å². The van der Waals surface area contributed by atoms with E-state index in [-0.39, 0.29) is 0 Å². The Labute approximate surface area is 96.2 Å². The maximum absolute atomic E-state index is 5.30. The van der Waals surface area contributed by atoms with Gasteiger partial charge in [0.25, 0.3) is 0 Å². The number of aryl methyl sites for hydroxylation is 1. The third kappa shape index (κ3) is 2.46. The molecule has 1 aliphatic rings. The average molecular weight is 277 g/mol. The highest BCUT2D eigenvalue weighted by Gasteiger charge is 2.14. The molecule has 1 aliphatic heterocycles. The third-order valence-corrected chi connectivity index (χ3v) is 3.52. The summed E-state index contributed by atoms with van der Waals surface area (Å²) >= 11 is 5.16. The maximum atomic E-state index is 5.30. The number of alkyl halides is 1.